The molecule has 1 saturated carbocycles. The third-order valence-electron chi connectivity index (χ3n) is 3.96. The molecule has 3 N–H and O–H groups in total. The highest BCUT2D eigenvalue weighted by Gasteiger charge is 2.45. The van der Waals surface area contributed by atoms with Gasteiger partial charge in [-0.1, -0.05) is 18.5 Å². The van der Waals surface area contributed by atoms with Crippen LogP contribution in [0.2, 0.25) is 5.02 Å². The number of rotatable bonds is 6. The zero-order valence-electron chi connectivity index (χ0n) is 11.6. The van der Waals surface area contributed by atoms with E-state index >= 15 is 0 Å². The van der Waals surface area contributed by atoms with Crippen LogP contribution in [0.3, 0.4) is 0 Å². The Morgan fingerprint density at radius 2 is 2.32 bits per heavy atom. The molecule has 19 heavy (non-hydrogen) atoms. The number of halogens is 1. The SMILES string of the molecule is CCCNC(c1cc(Cl)cnc1N)C1(OC)CCC1. The lowest BCUT2D eigenvalue weighted by atomic mass is 9.72. The van der Waals surface area contributed by atoms with Gasteiger partial charge in [-0.25, -0.2) is 4.98 Å². The molecule has 0 bridgehead atoms. The first-order valence-corrected chi connectivity index (χ1v) is 7.20. The predicted octanol–water partition coefficient (Wildman–Crippen LogP) is 2.93. The largest absolute Gasteiger partial charge is 0.383 e. The fraction of sp³-hybridized carbons (Fsp3) is 0.643. The Bertz CT molecular complexity index is 429. The van der Waals surface area contributed by atoms with Crippen molar-refractivity contribution in [3.05, 3.63) is 22.8 Å². The van der Waals surface area contributed by atoms with Crippen LogP contribution in [0.5, 0.6) is 0 Å². The Morgan fingerprint density at radius 3 is 2.84 bits per heavy atom. The minimum atomic E-state index is -0.171. The molecule has 1 aliphatic rings. The Kier molecular flexibility index (Phi) is 4.66. The minimum absolute atomic E-state index is 0.0531. The summed E-state index contributed by atoms with van der Waals surface area (Å²) in [5.41, 5.74) is 6.80. The molecule has 1 heterocycles. The van der Waals surface area contributed by atoms with Gasteiger partial charge in [0.05, 0.1) is 16.7 Å². The Labute approximate surface area is 119 Å². The van der Waals surface area contributed by atoms with Gasteiger partial charge in [-0.15, -0.1) is 0 Å². The summed E-state index contributed by atoms with van der Waals surface area (Å²) >= 11 is 6.06. The standard InChI is InChI=1S/C14H22ClN3O/c1-3-7-17-12(14(19-2)5-4-6-14)11-8-10(15)9-18-13(11)16/h8-9,12,17H,3-7H2,1-2H3,(H2,16,18). The van der Waals surface area contributed by atoms with E-state index < -0.39 is 0 Å². The van der Waals surface area contributed by atoms with E-state index in [-0.39, 0.29) is 11.6 Å². The van der Waals surface area contributed by atoms with Gasteiger partial charge in [0.2, 0.25) is 0 Å². The van der Waals surface area contributed by atoms with Crippen LogP contribution in [0.4, 0.5) is 5.82 Å². The summed E-state index contributed by atoms with van der Waals surface area (Å²) < 4.78 is 5.79. The summed E-state index contributed by atoms with van der Waals surface area (Å²) in [4.78, 5) is 4.16. The van der Waals surface area contributed by atoms with Crippen LogP contribution >= 0.6 is 11.6 Å². The normalized spacial score (nSPS) is 18.9. The number of nitrogens with one attached hydrogen (secondary N) is 1. The third-order valence-corrected chi connectivity index (χ3v) is 4.16. The van der Waals surface area contributed by atoms with Gasteiger partial charge in [0.25, 0.3) is 0 Å². The van der Waals surface area contributed by atoms with E-state index in [1.54, 1.807) is 13.3 Å². The van der Waals surface area contributed by atoms with Gasteiger partial charge in [0, 0.05) is 18.9 Å². The van der Waals surface area contributed by atoms with Crippen molar-refractivity contribution in [2.45, 2.75) is 44.2 Å². The summed E-state index contributed by atoms with van der Waals surface area (Å²) in [6, 6.07) is 1.95. The van der Waals surface area contributed by atoms with Crippen LogP contribution in [0.1, 0.15) is 44.2 Å². The number of pyridine rings is 1. The maximum Gasteiger partial charge on any atom is 0.128 e. The van der Waals surface area contributed by atoms with Gasteiger partial charge in [0.15, 0.2) is 0 Å². The van der Waals surface area contributed by atoms with E-state index in [0.717, 1.165) is 31.4 Å². The van der Waals surface area contributed by atoms with Crippen molar-refractivity contribution in [2.24, 2.45) is 0 Å². The first-order valence-electron chi connectivity index (χ1n) is 6.82. The lowest BCUT2D eigenvalue weighted by molar-refractivity contribution is -0.0996. The van der Waals surface area contributed by atoms with Crippen molar-refractivity contribution in [3.8, 4) is 0 Å². The molecular formula is C14H22ClN3O. The van der Waals surface area contributed by atoms with E-state index in [9.17, 15) is 0 Å². The van der Waals surface area contributed by atoms with E-state index in [1.165, 1.54) is 6.42 Å². The Hall–Kier alpha value is -0.840. The Balaban J connectivity index is 2.33. The number of ether oxygens (including phenoxy) is 1. The second kappa shape index (κ2) is 6.07. The minimum Gasteiger partial charge on any atom is -0.383 e. The molecule has 106 valence electrons. The molecule has 2 rings (SSSR count). The first kappa shape index (κ1) is 14.6. The van der Waals surface area contributed by atoms with Crippen LogP contribution in [0, 0.1) is 0 Å². The van der Waals surface area contributed by atoms with Gasteiger partial charge < -0.3 is 15.8 Å². The van der Waals surface area contributed by atoms with Crippen LogP contribution in [-0.4, -0.2) is 24.2 Å². The highest BCUT2D eigenvalue weighted by molar-refractivity contribution is 6.30. The van der Waals surface area contributed by atoms with Crippen molar-refractivity contribution in [1.82, 2.24) is 10.3 Å². The summed E-state index contributed by atoms with van der Waals surface area (Å²) in [5.74, 6) is 0.529. The molecule has 1 atom stereocenters. The molecule has 1 fully saturated rings. The second-order valence-corrected chi connectivity index (χ2v) is 5.57. The quantitative estimate of drug-likeness (QED) is 0.843. The molecular weight excluding hydrogens is 262 g/mol. The maximum absolute atomic E-state index is 6.06. The molecule has 1 aromatic heterocycles. The van der Waals surface area contributed by atoms with Crippen molar-refractivity contribution < 1.29 is 4.74 Å². The van der Waals surface area contributed by atoms with Crippen molar-refractivity contribution in [2.75, 3.05) is 19.4 Å². The molecule has 1 unspecified atom stereocenters. The van der Waals surface area contributed by atoms with E-state index in [1.807, 2.05) is 6.07 Å². The zero-order chi connectivity index (χ0) is 13.9. The molecule has 0 aromatic carbocycles. The number of hydrogen-bond donors (Lipinski definition) is 2. The summed E-state index contributed by atoms with van der Waals surface area (Å²) in [6.45, 7) is 3.06. The van der Waals surface area contributed by atoms with E-state index in [2.05, 4.69) is 17.2 Å². The lowest BCUT2D eigenvalue weighted by Gasteiger charge is -2.47. The average molecular weight is 284 g/mol. The van der Waals surface area contributed by atoms with Gasteiger partial charge in [-0.05, 0) is 38.3 Å². The number of methoxy groups -OCH3 is 1. The van der Waals surface area contributed by atoms with E-state index in [0.29, 0.717) is 10.8 Å². The lowest BCUT2D eigenvalue weighted by Crippen LogP contribution is -2.51. The molecule has 1 aliphatic carbocycles. The van der Waals surface area contributed by atoms with Crippen LogP contribution in [0.15, 0.2) is 12.3 Å². The fourth-order valence-corrected chi connectivity index (χ4v) is 2.87. The fourth-order valence-electron chi connectivity index (χ4n) is 2.70. The smallest absolute Gasteiger partial charge is 0.128 e. The molecule has 0 amide bonds. The summed E-state index contributed by atoms with van der Waals surface area (Å²) in [7, 11) is 1.77. The third kappa shape index (κ3) is 2.86. The molecule has 0 spiro atoms. The topological polar surface area (TPSA) is 60.2 Å². The van der Waals surface area contributed by atoms with E-state index in [4.69, 9.17) is 22.1 Å². The first-order chi connectivity index (χ1) is 9.13. The predicted molar refractivity (Wildman–Crippen MR) is 78.3 cm³/mol. The molecule has 1 aromatic rings. The second-order valence-electron chi connectivity index (χ2n) is 5.14. The summed E-state index contributed by atoms with van der Waals surface area (Å²) in [6.07, 6.45) is 5.90. The van der Waals surface area contributed by atoms with Gasteiger partial charge >= 0.3 is 0 Å². The van der Waals surface area contributed by atoms with Crippen molar-refractivity contribution >= 4 is 17.4 Å². The number of nitrogens with zero attached hydrogens (tertiary/aromatic N) is 1. The highest BCUT2D eigenvalue weighted by atomic mass is 35.5. The average Bonchev–Trinajstić information content (AvgIpc) is 2.36. The maximum atomic E-state index is 6.06. The molecule has 0 radical (unpaired) electrons. The highest BCUT2D eigenvalue weighted by Crippen LogP contribution is 2.46. The molecule has 0 saturated heterocycles. The van der Waals surface area contributed by atoms with Crippen molar-refractivity contribution in [1.29, 1.82) is 0 Å². The van der Waals surface area contributed by atoms with Crippen LogP contribution < -0.4 is 11.1 Å². The van der Waals surface area contributed by atoms with Gasteiger partial charge in [-0.2, -0.15) is 0 Å². The van der Waals surface area contributed by atoms with Crippen LogP contribution in [0.25, 0.3) is 0 Å². The van der Waals surface area contributed by atoms with Gasteiger partial charge in [-0.3, -0.25) is 0 Å². The number of nitrogen functional groups attached to an aromatic ring is 1. The Morgan fingerprint density at radius 1 is 1.58 bits per heavy atom. The number of anilines is 1. The molecule has 0 aliphatic heterocycles. The summed E-state index contributed by atoms with van der Waals surface area (Å²) in [5, 5.41) is 4.15. The van der Waals surface area contributed by atoms with Crippen LogP contribution in [-0.2, 0) is 4.74 Å². The number of aromatic nitrogens is 1. The zero-order valence-corrected chi connectivity index (χ0v) is 12.3. The number of hydrogen-bond acceptors (Lipinski definition) is 4. The molecule has 5 heteroatoms. The monoisotopic (exact) mass is 283 g/mol. The molecule has 4 nitrogen and oxygen atoms in total. The van der Waals surface area contributed by atoms with Gasteiger partial charge in [0.1, 0.15) is 5.82 Å². The number of nitrogens with two attached hydrogens (primary N) is 1. The van der Waals surface area contributed by atoms with Crippen molar-refractivity contribution in [3.63, 3.8) is 0 Å².